The molecule has 6 nitrogen and oxygen atoms in total. The first kappa shape index (κ1) is 18.4. The van der Waals surface area contributed by atoms with Crippen molar-refractivity contribution in [2.75, 3.05) is 4.90 Å². The molecule has 0 aromatic heterocycles. The number of carbonyl (C=O) groups excluding carboxylic acids is 3. The number of alkyl halides is 3. The average molecular weight is 381 g/mol. The Labute approximate surface area is 149 Å². The van der Waals surface area contributed by atoms with Gasteiger partial charge >= 0.3 is 12.2 Å². The maximum absolute atomic E-state index is 13.7. The largest absolute Gasteiger partial charge is 0.440 e. The lowest BCUT2D eigenvalue weighted by atomic mass is 10.1. The normalized spacial score (nSPS) is 19.8. The van der Waals surface area contributed by atoms with Crippen LogP contribution in [0.25, 0.3) is 0 Å². The second-order valence-corrected chi connectivity index (χ2v) is 5.62. The van der Waals surface area contributed by atoms with Crippen molar-refractivity contribution < 1.29 is 31.9 Å². The molecular formula is C17H11F4N3O3. The highest BCUT2D eigenvalue weighted by atomic mass is 19.4. The number of hydrogen-bond acceptors (Lipinski definition) is 3. The Bertz CT molecular complexity index is 900. The number of halogens is 4. The fraction of sp³-hybridized carbons (Fsp3) is 0.118. The number of anilines is 1. The zero-order valence-electron chi connectivity index (χ0n) is 13.4. The van der Waals surface area contributed by atoms with E-state index in [1.54, 1.807) is 11.4 Å². The number of nitrogens with zero attached hydrogens (tertiary/aromatic N) is 1. The van der Waals surface area contributed by atoms with Gasteiger partial charge in [-0.3, -0.25) is 14.9 Å². The molecule has 0 spiro atoms. The van der Waals surface area contributed by atoms with Crippen molar-refractivity contribution in [3.05, 3.63) is 66.0 Å². The van der Waals surface area contributed by atoms with Crippen molar-refractivity contribution in [3.63, 3.8) is 0 Å². The molecule has 1 heterocycles. The van der Waals surface area contributed by atoms with Crippen LogP contribution in [0.1, 0.15) is 10.4 Å². The van der Waals surface area contributed by atoms with Gasteiger partial charge in [0.05, 0.1) is 5.69 Å². The highest BCUT2D eigenvalue weighted by Gasteiger charge is 2.69. The van der Waals surface area contributed by atoms with Gasteiger partial charge in [-0.05, 0) is 36.4 Å². The SMILES string of the molecule is O=C(N[C@@]1(C(F)(F)F)NC(=O)N(c2ccc(F)cc2)C1=O)c1ccccc1. The summed E-state index contributed by atoms with van der Waals surface area (Å²) in [6.07, 6.45) is -5.33. The number of carbonyl (C=O) groups is 3. The molecule has 10 heteroatoms. The maximum atomic E-state index is 13.7. The van der Waals surface area contributed by atoms with Gasteiger partial charge in [0.15, 0.2) is 0 Å². The molecule has 2 aromatic carbocycles. The second kappa shape index (κ2) is 6.38. The number of urea groups is 1. The van der Waals surface area contributed by atoms with E-state index in [2.05, 4.69) is 0 Å². The lowest BCUT2D eigenvalue weighted by molar-refractivity contribution is -0.197. The third-order valence-corrected chi connectivity index (χ3v) is 3.87. The standard InChI is InChI=1S/C17H11F4N3O3/c18-11-6-8-12(9-7-11)24-14(26)16(17(19,20)21,23-15(24)27)22-13(25)10-4-2-1-3-5-10/h1-9H,(H,22,25)(H,23,27)/t16-/m1/s1. The number of rotatable bonds is 3. The van der Waals surface area contributed by atoms with Crippen LogP contribution < -0.4 is 15.5 Å². The van der Waals surface area contributed by atoms with Gasteiger partial charge in [-0.1, -0.05) is 18.2 Å². The van der Waals surface area contributed by atoms with Crippen LogP contribution in [0.2, 0.25) is 0 Å². The number of nitrogens with one attached hydrogen (secondary N) is 2. The Kier molecular flexibility index (Phi) is 4.34. The highest BCUT2D eigenvalue weighted by Crippen LogP contribution is 2.36. The van der Waals surface area contributed by atoms with Crippen LogP contribution in [0.4, 0.5) is 28.0 Å². The number of benzene rings is 2. The molecule has 1 atom stereocenters. The molecule has 1 aliphatic rings. The Balaban J connectivity index is 2.00. The average Bonchev–Trinajstić information content (AvgIpc) is 2.87. The van der Waals surface area contributed by atoms with Gasteiger partial charge < -0.3 is 5.32 Å². The van der Waals surface area contributed by atoms with Crippen molar-refractivity contribution in [1.29, 1.82) is 0 Å². The molecule has 0 radical (unpaired) electrons. The predicted octanol–water partition coefficient (Wildman–Crippen LogP) is 2.57. The monoisotopic (exact) mass is 381 g/mol. The van der Waals surface area contributed by atoms with Crippen LogP contribution in [0, 0.1) is 5.82 Å². The van der Waals surface area contributed by atoms with E-state index >= 15 is 0 Å². The fourth-order valence-electron chi connectivity index (χ4n) is 2.53. The van der Waals surface area contributed by atoms with Crippen LogP contribution in [0.5, 0.6) is 0 Å². The summed E-state index contributed by atoms with van der Waals surface area (Å²) in [6.45, 7) is 0. The third-order valence-electron chi connectivity index (χ3n) is 3.87. The molecule has 1 fully saturated rings. The molecule has 0 aliphatic carbocycles. The minimum absolute atomic E-state index is 0.136. The summed E-state index contributed by atoms with van der Waals surface area (Å²) in [7, 11) is 0. The van der Waals surface area contributed by atoms with Crippen LogP contribution in [-0.2, 0) is 4.79 Å². The molecule has 0 saturated carbocycles. The summed E-state index contributed by atoms with van der Waals surface area (Å²) in [5.41, 5.74) is -4.06. The summed E-state index contributed by atoms with van der Waals surface area (Å²) in [5, 5.41) is 3.09. The Hall–Kier alpha value is -3.43. The summed E-state index contributed by atoms with van der Waals surface area (Å²) in [6, 6.07) is 9.20. The topological polar surface area (TPSA) is 78.5 Å². The zero-order chi connectivity index (χ0) is 19.8. The fourth-order valence-corrected chi connectivity index (χ4v) is 2.53. The minimum Gasteiger partial charge on any atom is -0.314 e. The summed E-state index contributed by atoms with van der Waals surface area (Å²) in [5.74, 6) is -3.66. The smallest absolute Gasteiger partial charge is 0.314 e. The lowest BCUT2D eigenvalue weighted by Gasteiger charge is -2.29. The molecule has 4 amide bonds. The van der Waals surface area contributed by atoms with Crippen LogP contribution in [-0.4, -0.2) is 29.7 Å². The number of hydrogen-bond donors (Lipinski definition) is 2. The lowest BCUT2D eigenvalue weighted by Crippen LogP contribution is -2.69. The van der Waals surface area contributed by atoms with E-state index in [4.69, 9.17) is 0 Å². The summed E-state index contributed by atoms with van der Waals surface area (Å²) in [4.78, 5) is 37.1. The molecule has 3 rings (SSSR count). The second-order valence-electron chi connectivity index (χ2n) is 5.62. The highest BCUT2D eigenvalue weighted by molar-refractivity contribution is 6.24. The number of amides is 4. The molecule has 0 unspecified atom stereocenters. The van der Waals surface area contributed by atoms with E-state index in [0.29, 0.717) is 0 Å². The molecule has 140 valence electrons. The van der Waals surface area contributed by atoms with Gasteiger partial charge in [0.1, 0.15) is 5.82 Å². The van der Waals surface area contributed by atoms with Crippen molar-refractivity contribution in [2.45, 2.75) is 11.8 Å². The van der Waals surface area contributed by atoms with Crippen molar-refractivity contribution in [2.24, 2.45) is 0 Å². The van der Waals surface area contributed by atoms with Gasteiger partial charge in [-0.2, -0.15) is 13.2 Å². The Morgan fingerprint density at radius 2 is 1.59 bits per heavy atom. The van der Waals surface area contributed by atoms with Crippen molar-refractivity contribution in [3.8, 4) is 0 Å². The third kappa shape index (κ3) is 3.09. The molecule has 27 heavy (non-hydrogen) atoms. The van der Waals surface area contributed by atoms with Crippen LogP contribution in [0.15, 0.2) is 54.6 Å². The van der Waals surface area contributed by atoms with Crippen LogP contribution >= 0.6 is 0 Å². The van der Waals surface area contributed by atoms with Crippen LogP contribution in [0.3, 0.4) is 0 Å². The zero-order valence-corrected chi connectivity index (χ0v) is 13.4. The molecule has 1 aliphatic heterocycles. The molecule has 2 N–H and O–H groups in total. The number of imide groups is 1. The van der Waals surface area contributed by atoms with E-state index in [1.807, 2.05) is 0 Å². The van der Waals surface area contributed by atoms with Gasteiger partial charge in [-0.25, -0.2) is 14.1 Å². The minimum atomic E-state index is -5.33. The van der Waals surface area contributed by atoms with E-state index in [1.165, 1.54) is 29.6 Å². The maximum Gasteiger partial charge on any atom is 0.440 e. The van der Waals surface area contributed by atoms with E-state index in [9.17, 15) is 31.9 Å². The summed E-state index contributed by atoms with van der Waals surface area (Å²) < 4.78 is 54.2. The first-order valence-corrected chi connectivity index (χ1v) is 7.52. The first-order valence-electron chi connectivity index (χ1n) is 7.52. The molecular weight excluding hydrogens is 370 g/mol. The molecule has 0 bridgehead atoms. The van der Waals surface area contributed by atoms with Crippen molar-refractivity contribution >= 4 is 23.5 Å². The Morgan fingerprint density at radius 3 is 2.15 bits per heavy atom. The molecule has 2 aromatic rings. The van der Waals surface area contributed by atoms with Crippen molar-refractivity contribution in [1.82, 2.24) is 10.6 Å². The summed E-state index contributed by atoms with van der Waals surface area (Å²) >= 11 is 0. The van der Waals surface area contributed by atoms with E-state index in [-0.39, 0.29) is 16.2 Å². The first-order chi connectivity index (χ1) is 12.7. The Morgan fingerprint density at radius 1 is 1.00 bits per heavy atom. The van der Waals surface area contributed by atoms with E-state index in [0.717, 1.165) is 24.3 Å². The van der Waals surface area contributed by atoms with Gasteiger partial charge in [0.25, 0.3) is 17.5 Å². The van der Waals surface area contributed by atoms with Gasteiger partial charge in [0.2, 0.25) is 0 Å². The van der Waals surface area contributed by atoms with Gasteiger partial charge in [-0.15, -0.1) is 0 Å². The van der Waals surface area contributed by atoms with E-state index < -0.39 is 35.5 Å². The van der Waals surface area contributed by atoms with Gasteiger partial charge in [0, 0.05) is 5.56 Å². The molecule has 1 saturated heterocycles. The quantitative estimate of drug-likeness (QED) is 0.634. The predicted molar refractivity (Wildman–Crippen MR) is 85.1 cm³/mol.